The molecule has 0 aliphatic carbocycles. The van der Waals surface area contributed by atoms with Crippen LogP contribution in [0.3, 0.4) is 0 Å². The molecule has 1 amide bonds. The van der Waals surface area contributed by atoms with Crippen LogP contribution in [0.2, 0.25) is 0 Å². The molecular formula is C23H28FN3O2. The third-order valence-corrected chi connectivity index (χ3v) is 5.82. The molecule has 0 bridgehead atoms. The van der Waals surface area contributed by atoms with Crippen molar-refractivity contribution in [1.82, 2.24) is 14.8 Å². The Balaban J connectivity index is 1.42. The number of ether oxygens (including phenoxy) is 1. The second-order valence-electron chi connectivity index (χ2n) is 7.87. The Labute approximate surface area is 171 Å². The van der Waals surface area contributed by atoms with Gasteiger partial charge in [-0.1, -0.05) is 18.2 Å². The van der Waals surface area contributed by atoms with Crippen molar-refractivity contribution in [3.8, 4) is 0 Å². The van der Waals surface area contributed by atoms with Gasteiger partial charge < -0.3 is 9.64 Å². The van der Waals surface area contributed by atoms with E-state index < -0.39 is 0 Å². The Hall–Kier alpha value is -2.31. The number of benzene rings is 1. The summed E-state index contributed by atoms with van der Waals surface area (Å²) >= 11 is 0. The van der Waals surface area contributed by atoms with E-state index >= 15 is 0 Å². The lowest BCUT2D eigenvalue weighted by Crippen LogP contribution is -2.47. The summed E-state index contributed by atoms with van der Waals surface area (Å²) in [7, 11) is 0. The highest BCUT2D eigenvalue weighted by Crippen LogP contribution is 2.31. The molecule has 0 radical (unpaired) electrons. The normalized spacial score (nSPS) is 20.6. The van der Waals surface area contributed by atoms with Crippen molar-refractivity contribution in [3.63, 3.8) is 0 Å². The van der Waals surface area contributed by atoms with Gasteiger partial charge in [0, 0.05) is 37.9 Å². The number of aromatic nitrogens is 1. The van der Waals surface area contributed by atoms with E-state index in [1.807, 2.05) is 17.2 Å². The summed E-state index contributed by atoms with van der Waals surface area (Å²) in [6, 6.07) is 10.8. The van der Waals surface area contributed by atoms with Crippen LogP contribution in [0, 0.1) is 5.82 Å². The zero-order valence-corrected chi connectivity index (χ0v) is 16.7. The fourth-order valence-electron chi connectivity index (χ4n) is 4.17. The Morgan fingerprint density at radius 1 is 1.07 bits per heavy atom. The molecule has 2 aliphatic heterocycles. The summed E-state index contributed by atoms with van der Waals surface area (Å²) in [6.45, 7) is 4.33. The molecule has 1 atom stereocenters. The zero-order valence-electron chi connectivity index (χ0n) is 16.7. The predicted molar refractivity (Wildman–Crippen MR) is 109 cm³/mol. The number of morpholine rings is 1. The fourth-order valence-corrected chi connectivity index (χ4v) is 4.17. The molecule has 0 spiro atoms. The quantitative estimate of drug-likeness (QED) is 0.777. The van der Waals surface area contributed by atoms with E-state index in [0.717, 1.165) is 55.7 Å². The number of likely N-dealkylation sites (tertiary alicyclic amines) is 1. The van der Waals surface area contributed by atoms with Crippen LogP contribution in [0.4, 0.5) is 4.39 Å². The molecule has 1 aromatic carbocycles. The molecule has 2 aromatic rings. The van der Waals surface area contributed by atoms with Gasteiger partial charge in [0.15, 0.2) is 0 Å². The number of piperidine rings is 1. The average molecular weight is 397 g/mol. The summed E-state index contributed by atoms with van der Waals surface area (Å²) in [5.74, 6) is -0.0248. The third-order valence-electron chi connectivity index (χ3n) is 5.82. The minimum atomic E-state index is -0.226. The summed E-state index contributed by atoms with van der Waals surface area (Å²) in [4.78, 5) is 21.8. The van der Waals surface area contributed by atoms with Crippen LogP contribution in [0.5, 0.6) is 0 Å². The van der Waals surface area contributed by atoms with Gasteiger partial charge in [-0.15, -0.1) is 0 Å². The van der Waals surface area contributed by atoms with Crippen LogP contribution in [0.25, 0.3) is 0 Å². The van der Waals surface area contributed by atoms with Crippen molar-refractivity contribution in [2.24, 2.45) is 0 Å². The molecule has 154 valence electrons. The van der Waals surface area contributed by atoms with E-state index in [2.05, 4.69) is 16.0 Å². The smallest absolute Gasteiger partial charge is 0.237 e. The van der Waals surface area contributed by atoms with Crippen LogP contribution < -0.4 is 0 Å². The van der Waals surface area contributed by atoms with Gasteiger partial charge in [0.05, 0.1) is 25.8 Å². The van der Waals surface area contributed by atoms with E-state index in [1.165, 1.54) is 12.1 Å². The predicted octanol–water partition coefficient (Wildman–Crippen LogP) is 3.20. The van der Waals surface area contributed by atoms with E-state index in [0.29, 0.717) is 26.2 Å². The van der Waals surface area contributed by atoms with Crippen LogP contribution in [0.1, 0.15) is 42.1 Å². The van der Waals surface area contributed by atoms with Crippen LogP contribution in [0.15, 0.2) is 42.6 Å². The maximum absolute atomic E-state index is 13.1. The first-order valence-corrected chi connectivity index (χ1v) is 10.5. The second-order valence-corrected chi connectivity index (χ2v) is 7.87. The number of pyridine rings is 1. The zero-order chi connectivity index (χ0) is 20.1. The number of hydrogen-bond donors (Lipinski definition) is 0. The average Bonchev–Trinajstić information content (AvgIpc) is 2.77. The molecule has 2 fully saturated rings. The molecule has 0 N–H and O–H groups in total. The van der Waals surface area contributed by atoms with E-state index in [9.17, 15) is 9.18 Å². The first-order chi connectivity index (χ1) is 14.2. The van der Waals surface area contributed by atoms with Gasteiger partial charge in [-0.3, -0.25) is 14.7 Å². The first-order valence-electron chi connectivity index (χ1n) is 10.5. The SMILES string of the molecule is O=C(CN1CCOCC1)N1CCCC[C@@H]1c1ccc(Cc2ccc(F)cc2)nc1. The number of amides is 1. The van der Waals surface area contributed by atoms with Crippen molar-refractivity contribution in [2.75, 3.05) is 39.4 Å². The summed E-state index contributed by atoms with van der Waals surface area (Å²) < 4.78 is 18.5. The molecule has 2 aliphatic rings. The molecule has 0 unspecified atom stereocenters. The van der Waals surface area contributed by atoms with E-state index in [-0.39, 0.29) is 17.8 Å². The first kappa shape index (κ1) is 20.0. The van der Waals surface area contributed by atoms with Crippen molar-refractivity contribution >= 4 is 5.91 Å². The highest BCUT2D eigenvalue weighted by molar-refractivity contribution is 5.79. The minimum Gasteiger partial charge on any atom is -0.379 e. The van der Waals surface area contributed by atoms with Crippen molar-refractivity contribution < 1.29 is 13.9 Å². The largest absolute Gasteiger partial charge is 0.379 e. The van der Waals surface area contributed by atoms with Crippen LogP contribution >= 0.6 is 0 Å². The molecule has 2 saturated heterocycles. The maximum atomic E-state index is 13.1. The van der Waals surface area contributed by atoms with Crippen molar-refractivity contribution in [1.29, 1.82) is 0 Å². The van der Waals surface area contributed by atoms with Gasteiger partial charge in [0.25, 0.3) is 0 Å². The summed E-state index contributed by atoms with van der Waals surface area (Å²) in [5.41, 5.74) is 3.08. The molecule has 3 heterocycles. The van der Waals surface area contributed by atoms with Gasteiger partial charge >= 0.3 is 0 Å². The van der Waals surface area contributed by atoms with Gasteiger partial charge in [-0.05, 0) is 48.6 Å². The Morgan fingerprint density at radius 3 is 2.59 bits per heavy atom. The van der Waals surface area contributed by atoms with E-state index in [4.69, 9.17) is 4.74 Å². The van der Waals surface area contributed by atoms with Crippen LogP contribution in [-0.2, 0) is 16.0 Å². The molecule has 4 rings (SSSR count). The van der Waals surface area contributed by atoms with E-state index in [1.54, 1.807) is 12.1 Å². The lowest BCUT2D eigenvalue weighted by Gasteiger charge is -2.37. The minimum absolute atomic E-state index is 0.102. The van der Waals surface area contributed by atoms with Gasteiger partial charge in [0.1, 0.15) is 5.82 Å². The highest BCUT2D eigenvalue weighted by atomic mass is 19.1. The number of nitrogens with zero attached hydrogens (tertiary/aromatic N) is 3. The lowest BCUT2D eigenvalue weighted by molar-refractivity contribution is -0.137. The molecule has 6 heteroatoms. The van der Waals surface area contributed by atoms with Crippen molar-refractivity contribution in [3.05, 3.63) is 65.2 Å². The van der Waals surface area contributed by atoms with Crippen LogP contribution in [-0.4, -0.2) is 60.1 Å². The molecular weight excluding hydrogens is 369 g/mol. The van der Waals surface area contributed by atoms with Gasteiger partial charge in [-0.25, -0.2) is 4.39 Å². The second kappa shape index (κ2) is 9.46. The number of hydrogen-bond acceptors (Lipinski definition) is 4. The number of carbonyl (C=O) groups is 1. The van der Waals surface area contributed by atoms with Gasteiger partial charge in [-0.2, -0.15) is 0 Å². The molecule has 0 saturated carbocycles. The number of carbonyl (C=O) groups excluding carboxylic acids is 1. The maximum Gasteiger partial charge on any atom is 0.237 e. The molecule has 5 nitrogen and oxygen atoms in total. The third kappa shape index (κ3) is 5.19. The molecule has 1 aromatic heterocycles. The Kier molecular flexibility index (Phi) is 6.52. The summed E-state index contributed by atoms with van der Waals surface area (Å²) in [5, 5.41) is 0. The lowest BCUT2D eigenvalue weighted by atomic mass is 9.95. The number of rotatable bonds is 5. The highest BCUT2D eigenvalue weighted by Gasteiger charge is 2.29. The number of halogens is 1. The molecule has 29 heavy (non-hydrogen) atoms. The standard InChI is InChI=1S/C23H28FN3O2/c24-20-7-4-18(5-8-20)15-21-9-6-19(16-25-21)22-3-1-2-10-27(22)23(28)17-26-11-13-29-14-12-26/h4-9,16,22H,1-3,10-15,17H2/t22-/m1/s1. The monoisotopic (exact) mass is 397 g/mol. The Morgan fingerprint density at radius 2 is 1.86 bits per heavy atom. The van der Waals surface area contributed by atoms with Gasteiger partial charge in [0.2, 0.25) is 5.91 Å². The topological polar surface area (TPSA) is 45.7 Å². The van der Waals surface area contributed by atoms with Crippen molar-refractivity contribution in [2.45, 2.75) is 31.7 Å². The Bertz CT molecular complexity index is 804. The fraction of sp³-hybridized carbons (Fsp3) is 0.478. The summed E-state index contributed by atoms with van der Waals surface area (Å²) in [6.07, 6.45) is 5.74.